The molecule has 2 N–H and O–H groups in total. The van der Waals surface area contributed by atoms with Gasteiger partial charge in [0.2, 0.25) is 0 Å². The van der Waals surface area contributed by atoms with Crippen molar-refractivity contribution in [1.29, 1.82) is 0 Å². The SMILES string of the molecule is OCCN(CC1CCCC1O)C1CCCCC1. The van der Waals surface area contributed by atoms with Crippen LogP contribution < -0.4 is 0 Å². The van der Waals surface area contributed by atoms with Gasteiger partial charge in [-0.25, -0.2) is 0 Å². The number of nitrogens with zero attached hydrogens (tertiary/aromatic N) is 1. The number of rotatable bonds is 5. The molecule has 2 saturated carbocycles. The summed E-state index contributed by atoms with van der Waals surface area (Å²) in [6, 6.07) is 0.656. The first kappa shape index (κ1) is 13.3. The molecule has 0 aromatic heterocycles. The van der Waals surface area contributed by atoms with Crippen LogP contribution in [0.15, 0.2) is 0 Å². The van der Waals surface area contributed by atoms with Crippen LogP contribution in [0.4, 0.5) is 0 Å². The van der Waals surface area contributed by atoms with E-state index in [0.29, 0.717) is 12.0 Å². The van der Waals surface area contributed by atoms with Gasteiger partial charge < -0.3 is 10.2 Å². The van der Waals surface area contributed by atoms with Crippen LogP contribution in [-0.2, 0) is 0 Å². The topological polar surface area (TPSA) is 43.7 Å². The van der Waals surface area contributed by atoms with Gasteiger partial charge in [0, 0.05) is 19.1 Å². The van der Waals surface area contributed by atoms with Crippen molar-refractivity contribution in [1.82, 2.24) is 4.90 Å². The molecule has 0 aromatic rings. The van der Waals surface area contributed by atoms with E-state index in [-0.39, 0.29) is 12.7 Å². The van der Waals surface area contributed by atoms with Crippen LogP contribution in [0, 0.1) is 5.92 Å². The smallest absolute Gasteiger partial charge is 0.0580 e. The molecule has 0 bridgehead atoms. The zero-order chi connectivity index (χ0) is 12.1. The molecule has 3 heteroatoms. The molecule has 100 valence electrons. The zero-order valence-corrected chi connectivity index (χ0v) is 10.9. The first-order chi connectivity index (χ1) is 8.31. The minimum Gasteiger partial charge on any atom is -0.395 e. The third-order valence-corrected chi connectivity index (χ3v) is 4.57. The molecule has 2 fully saturated rings. The summed E-state index contributed by atoms with van der Waals surface area (Å²) in [5, 5.41) is 19.1. The molecule has 0 radical (unpaired) electrons. The minimum absolute atomic E-state index is 0.0974. The molecule has 3 nitrogen and oxygen atoms in total. The lowest BCUT2D eigenvalue weighted by atomic mass is 9.93. The van der Waals surface area contributed by atoms with Crippen LogP contribution >= 0.6 is 0 Å². The first-order valence-electron chi connectivity index (χ1n) is 7.34. The molecule has 2 aliphatic rings. The van der Waals surface area contributed by atoms with Crippen molar-refractivity contribution in [2.75, 3.05) is 19.7 Å². The van der Waals surface area contributed by atoms with Crippen LogP contribution in [0.5, 0.6) is 0 Å². The summed E-state index contributed by atoms with van der Waals surface area (Å²) in [5.74, 6) is 0.448. The average Bonchev–Trinajstić information content (AvgIpc) is 2.76. The van der Waals surface area contributed by atoms with Gasteiger partial charge in [0.1, 0.15) is 0 Å². The van der Waals surface area contributed by atoms with E-state index in [1.807, 2.05) is 0 Å². The second-order valence-corrected chi connectivity index (χ2v) is 5.77. The third kappa shape index (κ3) is 3.67. The van der Waals surface area contributed by atoms with Crippen molar-refractivity contribution < 1.29 is 10.2 Å². The normalized spacial score (nSPS) is 31.2. The van der Waals surface area contributed by atoms with Crippen molar-refractivity contribution in [2.24, 2.45) is 5.92 Å². The Hall–Kier alpha value is -0.120. The summed E-state index contributed by atoms with van der Waals surface area (Å²) >= 11 is 0. The fourth-order valence-corrected chi connectivity index (χ4v) is 3.53. The van der Waals surface area contributed by atoms with E-state index in [0.717, 1.165) is 25.9 Å². The molecule has 0 amide bonds. The van der Waals surface area contributed by atoms with E-state index in [4.69, 9.17) is 0 Å². The van der Waals surface area contributed by atoms with E-state index in [1.54, 1.807) is 0 Å². The fraction of sp³-hybridized carbons (Fsp3) is 1.00. The summed E-state index contributed by atoms with van der Waals surface area (Å²) in [5.41, 5.74) is 0. The van der Waals surface area contributed by atoms with Crippen molar-refractivity contribution in [3.8, 4) is 0 Å². The Kier molecular flexibility index (Phi) is 5.26. The molecule has 2 atom stereocenters. The number of aliphatic hydroxyl groups excluding tert-OH is 2. The second-order valence-electron chi connectivity index (χ2n) is 5.77. The molecule has 17 heavy (non-hydrogen) atoms. The Bertz CT molecular complexity index is 216. The molecule has 2 rings (SSSR count). The van der Waals surface area contributed by atoms with Crippen molar-refractivity contribution in [3.05, 3.63) is 0 Å². The van der Waals surface area contributed by atoms with E-state index in [1.165, 1.54) is 38.5 Å². The number of aliphatic hydroxyl groups is 2. The molecule has 0 aliphatic heterocycles. The van der Waals surface area contributed by atoms with E-state index in [2.05, 4.69) is 4.90 Å². The quantitative estimate of drug-likeness (QED) is 0.771. The van der Waals surface area contributed by atoms with Gasteiger partial charge in [-0.05, 0) is 31.6 Å². The molecule has 0 heterocycles. The zero-order valence-electron chi connectivity index (χ0n) is 10.9. The van der Waals surface area contributed by atoms with Crippen molar-refractivity contribution >= 4 is 0 Å². The summed E-state index contributed by atoms with van der Waals surface area (Å²) in [6.07, 6.45) is 9.81. The number of hydrogen-bond acceptors (Lipinski definition) is 3. The minimum atomic E-state index is -0.0974. The molecule has 0 spiro atoms. The lowest BCUT2D eigenvalue weighted by molar-refractivity contribution is 0.0634. The standard InChI is InChI=1S/C14H27NO2/c16-10-9-15(13-6-2-1-3-7-13)11-12-5-4-8-14(12)17/h12-14,16-17H,1-11H2. The fourth-order valence-electron chi connectivity index (χ4n) is 3.53. The van der Waals surface area contributed by atoms with Crippen LogP contribution in [0.3, 0.4) is 0 Å². The highest BCUT2D eigenvalue weighted by Crippen LogP contribution is 2.29. The van der Waals surface area contributed by atoms with Crippen molar-refractivity contribution in [2.45, 2.75) is 63.5 Å². The Morgan fingerprint density at radius 3 is 2.29 bits per heavy atom. The average molecular weight is 241 g/mol. The second kappa shape index (κ2) is 6.72. The highest BCUT2D eigenvalue weighted by Gasteiger charge is 2.29. The van der Waals surface area contributed by atoms with E-state index in [9.17, 15) is 10.2 Å². The molecule has 2 unspecified atom stereocenters. The first-order valence-corrected chi connectivity index (χ1v) is 7.34. The van der Waals surface area contributed by atoms with Gasteiger partial charge in [0.05, 0.1) is 12.7 Å². The maximum Gasteiger partial charge on any atom is 0.0580 e. The summed E-state index contributed by atoms with van der Waals surface area (Å²) in [4.78, 5) is 2.44. The predicted octanol–water partition coefficient (Wildman–Crippen LogP) is 1.77. The lowest BCUT2D eigenvalue weighted by Crippen LogP contribution is -2.43. The Labute approximate surface area is 105 Å². The van der Waals surface area contributed by atoms with Gasteiger partial charge in [0.15, 0.2) is 0 Å². The van der Waals surface area contributed by atoms with Crippen molar-refractivity contribution in [3.63, 3.8) is 0 Å². The van der Waals surface area contributed by atoms with Gasteiger partial charge in [0.25, 0.3) is 0 Å². The molecule has 0 aromatic carbocycles. The molecular formula is C14H27NO2. The molecule has 0 saturated heterocycles. The van der Waals surface area contributed by atoms with E-state index >= 15 is 0 Å². The van der Waals surface area contributed by atoms with Gasteiger partial charge >= 0.3 is 0 Å². The Morgan fingerprint density at radius 2 is 1.71 bits per heavy atom. The van der Waals surface area contributed by atoms with E-state index < -0.39 is 0 Å². The van der Waals surface area contributed by atoms with Gasteiger partial charge in [-0.1, -0.05) is 25.7 Å². The van der Waals surface area contributed by atoms with Gasteiger partial charge in [-0.2, -0.15) is 0 Å². The Balaban J connectivity index is 1.86. The van der Waals surface area contributed by atoms with Crippen LogP contribution in [-0.4, -0.2) is 47.0 Å². The predicted molar refractivity (Wildman–Crippen MR) is 68.9 cm³/mol. The van der Waals surface area contributed by atoms with Gasteiger partial charge in [-0.15, -0.1) is 0 Å². The maximum atomic E-state index is 9.92. The van der Waals surface area contributed by atoms with Gasteiger partial charge in [-0.3, -0.25) is 4.90 Å². The lowest BCUT2D eigenvalue weighted by Gasteiger charge is -2.36. The third-order valence-electron chi connectivity index (χ3n) is 4.57. The Morgan fingerprint density at radius 1 is 0.941 bits per heavy atom. The number of hydrogen-bond donors (Lipinski definition) is 2. The molecule has 2 aliphatic carbocycles. The molecular weight excluding hydrogens is 214 g/mol. The maximum absolute atomic E-state index is 9.92. The van der Waals surface area contributed by atoms with Crippen LogP contribution in [0.1, 0.15) is 51.4 Å². The largest absolute Gasteiger partial charge is 0.395 e. The summed E-state index contributed by atoms with van der Waals surface area (Å²) in [7, 11) is 0. The summed E-state index contributed by atoms with van der Waals surface area (Å²) < 4.78 is 0. The summed E-state index contributed by atoms with van der Waals surface area (Å²) in [6.45, 7) is 2.03. The van der Waals surface area contributed by atoms with Crippen LogP contribution in [0.25, 0.3) is 0 Å². The van der Waals surface area contributed by atoms with Crippen LogP contribution in [0.2, 0.25) is 0 Å². The highest BCUT2D eigenvalue weighted by molar-refractivity contribution is 4.83. The highest BCUT2D eigenvalue weighted by atomic mass is 16.3. The monoisotopic (exact) mass is 241 g/mol.